The third-order valence-corrected chi connectivity index (χ3v) is 6.25. The molecule has 1 N–H and O–H groups in total. The third-order valence-electron chi connectivity index (χ3n) is 6.25. The Morgan fingerprint density at radius 2 is 1.85 bits per heavy atom. The summed E-state index contributed by atoms with van der Waals surface area (Å²) >= 11 is 0. The van der Waals surface area contributed by atoms with Crippen LogP contribution in [0.5, 0.6) is 0 Å². The zero-order valence-corrected chi connectivity index (χ0v) is 20.2. The van der Waals surface area contributed by atoms with Gasteiger partial charge in [-0.05, 0) is 76.4 Å². The van der Waals surface area contributed by atoms with E-state index in [1.54, 1.807) is 21.4 Å². The van der Waals surface area contributed by atoms with E-state index in [9.17, 15) is 14.0 Å². The molecule has 0 aliphatic rings. The minimum Gasteiger partial charge on any atom is -0.326 e. The van der Waals surface area contributed by atoms with Gasteiger partial charge in [0, 0.05) is 29.6 Å². The fourth-order valence-corrected chi connectivity index (χ4v) is 4.55. The van der Waals surface area contributed by atoms with Crippen LogP contribution >= 0.6 is 0 Å². The lowest BCUT2D eigenvalue weighted by Gasteiger charge is -2.15. The van der Waals surface area contributed by atoms with Gasteiger partial charge in [-0.2, -0.15) is 5.10 Å². The summed E-state index contributed by atoms with van der Waals surface area (Å²) in [5.74, 6) is -0.506. The van der Waals surface area contributed by atoms with Gasteiger partial charge in [0.15, 0.2) is 0 Å². The van der Waals surface area contributed by atoms with Gasteiger partial charge in [-0.1, -0.05) is 23.8 Å². The Bertz CT molecular complexity index is 1470. The number of fused-ring (bicyclic) bond motifs is 1. The standard InChI is InChI=1S/C27H29FN4O2/c1-6-31-26-25(19(5)30-32(26)21-9-7-8-20(28)15-21)18(4)22(27(31)34)11-13-24(33)29-23-12-10-16(2)14-17(23)3/h7-10,12,14-15H,6,11,13H2,1-5H3,(H,29,33). The molecule has 0 aliphatic heterocycles. The molecule has 2 heterocycles. The summed E-state index contributed by atoms with van der Waals surface area (Å²) in [6.07, 6.45) is 0.512. The number of aromatic nitrogens is 3. The van der Waals surface area contributed by atoms with E-state index < -0.39 is 0 Å². The van der Waals surface area contributed by atoms with E-state index in [-0.39, 0.29) is 23.7 Å². The minimum atomic E-state index is -0.368. The first-order valence-electron chi connectivity index (χ1n) is 11.5. The summed E-state index contributed by atoms with van der Waals surface area (Å²) in [6.45, 7) is 10.1. The lowest BCUT2D eigenvalue weighted by Crippen LogP contribution is -2.27. The van der Waals surface area contributed by atoms with Gasteiger partial charge in [0.05, 0.1) is 11.4 Å². The number of benzene rings is 2. The predicted octanol–water partition coefficient (Wildman–Crippen LogP) is 5.15. The maximum atomic E-state index is 13.9. The van der Waals surface area contributed by atoms with Crippen molar-refractivity contribution < 1.29 is 9.18 Å². The van der Waals surface area contributed by atoms with Crippen molar-refractivity contribution in [3.8, 4) is 5.69 Å². The molecular weight excluding hydrogens is 431 g/mol. The first-order chi connectivity index (χ1) is 16.2. The number of hydrogen-bond acceptors (Lipinski definition) is 3. The van der Waals surface area contributed by atoms with Crippen molar-refractivity contribution >= 4 is 22.6 Å². The molecule has 0 atom stereocenters. The highest BCUT2D eigenvalue weighted by molar-refractivity contribution is 5.92. The number of rotatable bonds is 6. The number of nitrogens with one attached hydrogen (secondary N) is 1. The van der Waals surface area contributed by atoms with Crippen molar-refractivity contribution in [1.82, 2.24) is 14.3 Å². The van der Waals surface area contributed by atoms with Crippen LogP contribution in [0.3, 0.4) is 0 Å². The Balaban J connectivity index is 1.71. The molecule has 0 spiro atoms. The molecule has 2 aromatic carbocycles. The number of carbonyl (C=O) groups is 1. The van der Waals surface area contributed by atoms with E-state index in [0.717, 1.165) is 33.5 Å². The van der Waals surface area contributed by atoms with Crippen LogP contribution in [-0.4, -0.2) is 20.3 Å². The molecule has 176 valence electrons. The first kappa shape index (κ1) is 23.4. The van der Waals surface area contributed by atoms with Gasteiger partial charge in [-0.15, -0.1) is 0 Å². The molecule has 0 unspecified atom stereocenters. The monoisotopic (exact) mass is 460 g/mol. The number of anilines is 1. The van der Waals surface area contributed by atoms with Crippen LogP contribution in [0.1, 0.15) is 41.3 Å². The maximum absolute atomic E-state index is 13.9. The van der Waals surface area contributed by atoms with Gasteiger partial charge in [0.1, 0.15) is 11.5 Å². The number of halogens is 1. The van der Waals surface area contributed by atoms with E-state index in [1.165, 1.54) is 12.1 Å². The average molecular weight is 461 g/mol. The summed E-state index contributed by atoms with van der Waals surface area (Å²) in [6, 6.07) is 12.0. The molecule has 4 rings (SSSR count). The van der Waals surface area contributed by atoms with Crippen LogP contribution in [0.4, 0.5) is 10.1 Å². The minimum absolute atomic E-state index is 0.138. The number of carbonyl (C=O) groups excluding carboxylic acids is 1. The molecule has 0 fully saturated rings. The van der Waals surface area contributed by atoms with Gasteiger partial charge in [-0.3, -0.25) is 14.2 Å². The van der Waals surface area contributed by atoms with Gasteiger partial charge in [0.2, 0.25) is 5.91 Å². The highest BCUT2D eigenvalue weighted by Crippen LogP contribution is 2.27. The van der Waals surface area contributed by atoms with Crippen LogP contribution in [0, 0.1) is 33.5 Å². The fraction of sp³-hybridized carbons (Fsp3) is 0.296. The van der Waals surface area contributed by atoms with E-state index in [2.05, 4.69) is 10.4 Å². The Morgan fingerprint density at radius 1 is 1.09 bits per heavy atom. The Labute approximate surface area is 198 Å². The zero-order valence-electron chi connectivity index (χ0n) is 20.2. The van der Waals surface area contributed by atoms with Gasteiger partial charge < -0.3 is 5.32 Å². The van der Waals surface area contributed by atoms with Crippen molar-refractivity contribution in [3.05, 3.63) is 86.6 Å². The Hall–Kier alpha value is -3.74. The van der Waals surface area contributed by atoms with Crippen LogP contribution in [0.25, 0.3) is 16.7 Å². The third kappa shape index (κ3) is 4.25. The quantitative estimate of drug-likeness (QED) is 0.433. The molecule has 0 aliphatic carbocycles. The molecule has 1 amide bonds. The second-order valence-corrected chi connectivity index (χ2v) is 8.70. The highest BCUT2D eigenvalue weighted by Gasteiger charge is 2.21. The Kier molecular flexibility index (Phi) is 6.37. The molecule has 7 heteroatoms. The van der Waals surface area contributed by atoms with Crippen molar-refractivity contribution in [2.75, 3.05) is 5.32 Å². The van der Waals surface area contributed by atoms with Gasteiger partial charge in [0.25, 0.3) is 5.56 Å². The molecule has 0 saturated carbocycles. The average Bonchev–Trinajstić information content (AvgIpc) is 3.13. The summed E-state index contributed by atoms with van der Waals surface area (Å²) in [5.41, 5.74) is 6.12. The zero-order chi connectivity index (χ0) is 24.6. The van der Waals surface area contributed by atoms with E-state index >= 15 is 0 Å². The van der Waals surface area contributed by atoms with Crippen LogP contribution < -0.4 is 10.9 Å². The topological polar surface area (TPSA) is 68.9 Å². The molecule has 0 radical (unpaired) electrons. The Morgan fingerprint density at radius 3 is 2.53 bits per heavy atom. The second kappa shape index (κ2) is 9.25. The molecule has 6 nitrogen and oxygen atoms in total. The summed E-state index contributed by atoms with van der Waals surface area (Å²) < 4.78 is 17.2. The molecule has 0 saturated heterocycles. The number of aryl methyl sites for hydroxylation is 5. The number of amides is 1. The van der Waals surface area contributed by atoms with Crippen molar-refractivity contribution in [2.45, 2.75) is 54.0 Å². The molecule has 4 aromatic rings. The lowest BCUT2D eigenvalue weighted by molar-refractivity contribution is -0.116. The van der Waals surface area contributed by atoms with Crippen molar-refractivity contribution in [2.24, 2.45) is 0 Å². The number of nitrogens with zero attached hydrogens (tertiary/aromatic N) is 3. The highest BCUT2D eigenvalue weighted by atomic mass is 19.1. The SMILES string of the molecule is CCn1c(=O)c(CCC(=O)Nc2ccc(C)cc2C)c(C)c2c(C)nn(-c3cccc(F)c3)c21. The molecule has 2 aromatic heterocycles. The van der Waals surface area contributed by atoms with E-state index in [0.29, 0.717) is 29.9 Å². The van der Waals surface area contributed by atoms with Gasteiger partial charge in [-0.25, -0.2) is 9.07 Å². The number of pyridine rings is 1. The van der Waals surface area contributed by atoms with Crippen LogP contribution in [0.2, 0.25) is 0 Å². The van der Waals surface area contributed by atoms with Crippen molar-refractivity contribution in [1.29, 1.82) is 0 Å². The second-order valence-electron chi connectivity index (χ2n) is 8.70. The largest absolute Gasteiger partial charge is 0.326 e. The maximum Gasteiger partial charge on any atom is 0.255 e. The predicted molar refractivity (Wildman–Crippen MR) is 133 cm³/mol. The van der Waals surface area contributed by atoms with Crippen LogP contribution in [0.15, 0.2) is 47.3 Å². The summed E-state index contributed by atoms with van der Waals surface area (Å²) in [5, 5.41) is 8.44. The van der Waals surface area contributed by atoms with E-state index in [4.69, 9.17) is 0 Å². The smallest absolute Gasteiger partial charge is 0.255 e. The lowest BCUT2D eigenvalue weighted by atomic mass is 10.0. The van der Waals surface area contributed by atoms with Gasteiger partial charge >= 0.3 is 0 Å². The normalized spacial score (nSPS) is 11.2. The van der Waals surface area contributed by atoms with E-state index in [1.807, 2.05) is 52.8 Å². The number of hydrogen-bond donors (Lipinski definition) is 1. The molecular formula is C27H29FN4O2. The molecule has 34 heavy (non-hydrogen) atoms. The fourth-order valence-electron chi connectivity index (χ4n) is 4.55. The summed E-state index contributed by atoms with van der Waals surface area (Å²) in [4.78, 5) is 26.2. The summed E-state index contributed by atoms with van der Waals surface area (Å²) in [7, 11) is 0. The first-order valence-corrected chi connectivity index (χ1v) is 11.5. The van der Waals surface area contributed by atoms with Crippen LogP contribution in [-0.2, 0) is 17.8 Å². The molecule has 0 bridgehead atoms. The van der Waals surface area contributed by atoms with Crippen molar-refractivity contribution in [3.63, 3.8) is 0 Å².